The van der Waals surface area contributed by atoms with Gasteiger partial charge in [0.05, 0.1) is 17.0 Å². The van der Waals surface area contributed by atoms with E-state index in [1.54, 1.807) is 16.0 Å². The fourth-order valence-corrected chi connectivity index (χ4v) is 5.40. The van der Waals surface area contributed by atoms with E-state index in [0.717, 1.165) is 42.5 Å². The lowest BCUT2D eigenvalue weighted by Crippen LogP contribution is -2.14. The van der Waals surface area contributed by atoms with Crippen LogP contribution in [-0.2, 0) is 17.6 Å². The Bertz CT molecular complexity index is 1080. The maximum Gasteiger partial charge on any atom is 0.235 e. The van der Waals surface area contributed by atoms with Crippen LogP contribution in [0.3, 0.4) is 0 Å². The van der Waals surface area contributed by atoms with E-state index in [9.17, 15) is 10.1 Å². The molecule has 2 heterocycles. The van der Waals surface area contributed by atoms with Gasteiger partial charge in [-0.25, -0.2) is 0 Å². The molecule has 1 aliphatic carbocycles. The first kappa shape index (κ1) is 19.6. The number of nitriles is 1. The van der Waals surface area contributed by atoms with Crippen molar-refractivity contribution in [1.82, 2.24) is 20.2 Å². The molecular formula is C20H20N6OS2. The number of hydrogen-bond acceptors (Lipinski definition) is 7. The second-order valence-electron chi connectivity index (χ2n) is 6.88. The predicted molar refractivity (Wildman–Crippen MR) is 114 cm³/mol. The van der Waals surface area contributed by atoms with Gasteiger partial charge in [0.15, 0.2) is 0 Å². The Morgan fingerprint density at radius 3 is 2.97 bits per heavy atom. The minimum Gasteiger partial charge on any atom is -0.316 e. The van der Waals surface area contributed by atoms with Crippen LogP contribution in [0.5, 0.6) is 0 Å². The standard InChI is InChI=1S/C20H20N6OS2/c1-13-7-5-6-9-16(13)26-20(23-24-25-26)28-12-18(27)22-19-15(11-21)14-8-3-2-4-10-17(14)29-19/h5-7,9H,2-4,8,10,12H2,1H3,(H,22,27). The molecule has 1 amide bonds. The van der Waals surface area contributed by atoms with E-state index in [0.29, 0.717) is 15.7 Å². The molecule has 9 heteroatoms. The highest BCUT2D eigenvalue weighted by Gasteiger charge is 2.21. The highest BCUT2D eigenvalue weighted by atomic mass is 32.2. The fraction of sp³-hybridized carbons (Fsp3) is 0.350. The molecule has 1 aliphatic rings. The van der Waals surface area contributed by atoms with Gasteiger partial charge in [-0.2, -0.15) is 9.94 Å². The van der Waals surface area contributed by atoms with E-state index in [2.05, 4.69) is 26.9 Å². The summed E-state index contributed by atoms with van der Waals surface area (Å²) in [6.07, 6.45) is 5.35. The lowest BCUT2D eigenvalue weighted by molar-refractivity contribution is -0.113. The third-order valence-electron chi connectivity index (χ3n) is 4.90. The molecule has 0 atom stereocenters. The second kappa shape index (κ2) is 8.76. The maximum atomic E-state index is 12.6. The molecule has 0 saturated heterocycles. The number of carbonyl (C=O) groups is 1. The van der Waals surface area contributed by atoms with Gasteiger partial charge in [-0.1, -0.05) is 36.4 Å². The second-order valence-corrected chi connectivity index (χ2v) is 8.92. The number of nitrogens with one attached hydrogen (secondary N) is 1. The van der Waals surface area contributed by atoms with Crippen LogP contribution in [0.2, 0.25) is 0 Å². The summed E-state index contributed by atoms with van der Waals surface area (Å²) in [7, 11) is 0. The molecule has 0 aliphatic heterocycles. The lowest BCUT2D eigenvalue weighted by atomic mass is 10.1. The number of thiophene rings is 1. The first-order valence-electron chi connectivity index (χ1n) is 9.49. The van der Waals surface area contributed by atoms with E-state index in [4.69, 9.17) is 0 Å². The quantitative estimate of drug-likeness (QED) is 0.493. The van der Waals surface area contributed by atoms with Gasteiger partial charge in [-0.3, -0.25) is 4.79 Å². The molecule has 29 heavy (non-hydrogen) atoms. The van der Waals surface area contributed by atoms with Crippen LogP contribution in [0, 0.1) is 18.3 Å². The number of amides is 1. The highest BCUT2D eigenvalue weighted by molar-refractivity contribution is 7.99. The number of aryl methyl sites for hydroxylation is 2. The number of hydrogen-bond donors (Lipinski definition) is 1. The number of thioether (sulfide) groups is 1. The van der Waals surface area contributed by atoms with Gasteiger partial charge in [0.25, 0.3) is 0 Å². The summed E-state index contributed by atoms with van der Waals surface area (Å²) in [5, 5.41) is 25.6. The van der Waals surface area contributed by atoms with Gasteiger partial charge in [-0.05, 0) is 60.2 Å². The topological polar surface area (TPSA) is 96.5 Å². The minimum atomic E-state index is -0.165. The molecule has 1 aromatic carbocycles. The Hall–Kier alpha value is -2.70. The number of aromatic nitrogens is 4. The number of anilines is 1. The first-order chi connectivity index (χ1) is 14.2. The zero-order chi connectivity index (χ0) is 20.2. The molecule has 0 bridgehead atoms. The van der Waals surface area contributed by atoms with Gasteiger partial charge in [0.1, 0.15) is 11.1 Å². The van der Waals surface area contributed by atoms with Crippen LogP contribution in [0.4, 0.5) is 5.00 Å². The molecule has 7 nitrogen and oxygen atoms in total. The number of nitrogens with zero attached hydrogens (tertiary/aromatic N) is 5. The molecule has 2 aromatic heterocycles. The first-order valence-corrected chi connectivity index (χ1v) is 11.3. The van der Waals surface area contributed by atoms with Gasteiger partial charge in [-0.15, -0.1) is 16.4 Å². The van der Waals surface area contributed by atoms with Crippen molar-refractivity contribution >= 4 is 34.0 Å². The van der Waals surface area contributed by atoms with E-state index >= 15 is 0 Å². The molecule has 0 fully saturated rings. The fourth-order valence-electron chi connectivity index (χ4n) is 3.46. The van der Waals surface area contributed by atoms with Crippen LogP contribution in [0.1, 0.15) is 40.8 Å². The van der Waals surface area contributed by atoms with E-state index in [1.165, 1.54) is 23.1 Å². The number of carbonyl (C=O) groups excluding carboxylic acids is 1. The van der Waals surface area contributed by atoms with Crippen LogP contribution >= 0.6 is 23.1 Å². The van der Waals surface area contributed by atoms with Crippen LogP contribution in [-0.4, -0.2) is 31.9 Å². The summed E-state index contributed by atoms with van der Waals surface area (Å²) in [5.74, 6) is 0.00177. The molecule has 4 rings (SSSR count). The van der Waals surface area contributed by atoms with E-state index in [-0.39, 0.29) is 11.7 Å². The molecule has 3 aromatic rings. The average molecular weight is 425 g/mol. The summed E-state index contributed by atoms with van der Waals surface area (Å²) < 4.78 is 1.64. The summed E-state index contributed by atoms with van der Waals surface area (Å²) in [6, 6.07) is 10.1. The molecule has 148 valence electrons. The third kappa shape index (κ3) is 4.18. The molecule has 0 radical (unpaired) electrons. The van der Waals surface area contributed by atoms with Crippen molar-refractivity contribution in [3.63, 3.8) is 0 Å². The predicted octanol–water partition coefficient (Wildman–Crippen LogP) is 3.90. The largest absolute Gasteiger partial charge is 0.316 e. The normalized spacial score (nSPS) is 13.4. The Morgan fingerprint density at radius 2 is 2.14 bits per heavy atom. The third-order valence-corrected chi connectivity index (χ3v) is 7.03. The molecule has 0 saturated carbocycles. The minimum absolute atomic E-state index is 0.165. The van der Waals surface area contributed by atoms with Gasteiger partial charge >= 0.3 is 0 Å². The van der Waals surface area contributed by atoms with Crippen LogP contribution in [0.15, 0.2) is 29.4 Å². The van der Waals surface area contributed by atoms with Crippen molar-refractivity contribution in [2.45, 2.75) is 44.2 Å². The number of tetrazole rings is 1. The Kier molecular flexibility index (Phi) is 5.92. The Morgan fingerprint density at radius 1 is 1.31 bits per heavy atom. The average Bonchev–Trinajstić information content (AvgIpc) is 3.24. The summed E-state index contributed by atoms with van der Waals surface area (Å²) in [6.45, 7) is 1.99. The molecule has 0 unspecified atom stereocenters. The van der Waals surface area contributed by atoms with Gasteiger partial charge in [0.2, 0.25) is 11.1 Å². The zero-order valence-corrected chi connectivity index (χ0v) is 17.6. The molecular weight excluding hydrogens is 404 g/mol. The van der Waals surface area contributed by atoms with Crippen molar-refractivity contribution in [3.8, 4) is 11.8 Å². The highest BCUT2D eigenvalue weighted by Crippen LogP contribution is 2.37. The maximum absolute atomic E-state index is 12.6. The smallest absolute Gasteiger partial charge is 0.235 e. The monoisotopic (exact) mass is 424 g/mol. The van der Waals surface area contributed by atoms with Crippen LogP contribution in [0.25, 0.3) is 5.69 Å². The zero-order valence-electron chi connectivity index (χ0n) is 16.0. The lowest BCUT2D eigenvalue weighted by Gasteiger charge is -2.07. The summed E-state index contributed by atoms with van der Waals surface area (Å²) in [4.78, 5) is 13.8. The SMILES string of the molecule is Cc1ccccc1-n1nnnc1SCC(=O)Nc1sc2c(c1C#N)CCCCC2. The van der Waals surface area contributed by atoms with Crippen molar-refractivity contribution in [2.75, 3.05) is 11.1 Å². The van der Waals surface area contributed by atoms with Crippen molar-refractivity contribution < 1.29 is 4.79 Å². The van der Waals surface area contributed by atoms with E-state index in [1.807, 2.05) is 31.2 Å². The number of para-hydroxylation sites is 1. The molecule has 0 spiro atoms. The number of rotatable bonds is 5. The summed E-state index contributed by atoms with van der Waals surface area (Å²) in [5.41, 5.74) is 3.69. The number of fused-ring (bicyclic) bond motifs is 1. The Balaban J connectivity index is 1.46. The van der Waals surface area contributed by atoms with Crippen molar-refractivity contribution in [1.29, 1.82) is 5.26 Å². The molecule has 1 N–H and O–H groups in total. The van der Waals surface area contributed by atoms with Crippen molar-refractivity contribution in [3.05, 3.63) is 45.8 Å². The van der Waals surface area contributed by atoms with Gasteiger partial charge in [0, 0.05) is 4.88 Å². The van der Waals surface area contributed by atoms with Crippen molar-refractivity contribution in [2.24, 2.45) is 0 Å². The van der Waals surface area contributed by atoms with Gasteiger partial charge < -0.3 is 5.32 Å². The van der Waals surface area contributed by atoms with Crippen LogP contribution < -0.4 is 5.32 Å². The van der Waals surface area contributed by atoms with E-state index < -0.39 is 0 Å². The summed E-state index contributed by atoms with van der Waals surface area (Å²) >= 11 is 2.82. The Labute approximate surface area is 177 Å². The number of benzene rings is 1.